The molecule has 0 aliphatic carbocycles. The summed E-state index contributed by atoms with van der Waals surface area (Å²) < 4.78 is 1.12. The Labute approximate surface area is 123 Å². The van der Waals surface area contributed by atoms with Gasteiger partial charge < -0.3 is 10.0 Å². The first-order valence-corrected chi connectivity index (χ1v) is 7.35. The van der Waals surface area contributed by atoms with Gasteiger partial charge in [0.2, 0.25) is 0 Å². The standard InChI is InChI=1S/C12H12BrClN2OS/c1-16(5-8-4-11(13)18-7-8)12-3-2-9(14)10(6-17)15-12/h2-4,7,17H,5-6H2,1H3. The van der Waals surface area contributed by atoms with E-state index in [1.165, 1.54) is 5.56 Å². The third kappa shape index (κ3) is 3.23. The first kappa shape index (κ1) is 13.8. The predicted molar refractivity (Wildman–Crippen MR) is 79.3 cm³/mol. The highest BCUT2D eigenvalue weighted by atomic mass is 79.9. The highest BCUT2D eigenvalue weighted by Crippen LogP contribution is 2.24. The number of aliphatic hydroxyl groups excluding tert-OH is 1. The molecule has 0 aliphatic heterocycles. The number of halogens is 2. The Kier molecular flexibility index (Phi) is 4.61. The third-order valence-electron chi connectivity index (χ3n) is 2.49. The van der Waals surface area contributed by atoms with Gasteiger partial charge in [-0.25, -0.2) is 4.98 Å². The van der Waals surface area contributed by atoms with Crippen LogP contribution in [0.5, 0.6) is 0 Å². The lowest BCUT2D eigenvalue weighted by atomic mass is 10.3. The van der Waals surface area contributed by atoms with Crippen molar-refractivity contribution >= 4 is 44.7 Å². The number of hydrogen-bond donors (Lipinski definition) is 1. The number of aromatic nitrogens is 1. The van der Waals surface area contributed by atoms with Crippen molar-refractivity contribution in [2.75, 3.05) is 11.9 Å². The number of hydrogen-bond acceptors (Lipinski definition) is 4. The smallest absolute Gasteiger partial charge is 0.129 e. The van der Waals surface area contributed by atoms with Gasteiger partial charge in [-0.15, -0.1) is 11.3 Å². The summed E-state index contributed by atoms with van der Waals surface area (Å²) in [6, 6.07) is 5.70. The average Bonchev–Trinajstić information content (AvgIpc) is 2.75. The van der Waals surface area contributed by atoms with Crippen LogP contribution in [-0.4, -0.2) is 17.1 Å². The number of thiophene rings is 1. The molecule has 3 nitrogen and oxygen atoms in total. The number of pyridine rings is 1. The summed E-state index contributed by atoms with van der Waals surface area (Å²) in [4.78, 5) is 6.35. The fourth-order valence-corrected chi connectivity index (χ4v) is 2.95. The highest BCUT2D eigenvalue weighted by Gasteiger charge is 2.08. The molecule has 96 valence electrons. The number of nitrogens with zero attached hydrogens (tertiary/aromatic N) is 2. The molecule has 18 heavy (non-hydrogen) atoms. The molecule has 0 aliphatic rings. The van der Waals surface area contributed by atoms with E-state index in [2.05, 4.69) is 32.4 Å². The Morgan fingerprint density at radius 3 is 2.89 bits per heavy atom. The lowest BCUT2D eigenvalue weighted by Crippen LogP contribution is -2.17. The van der Waals surface area contributed by atoms with E-state index in [4.69, 9.17) is 16.7 Å². The minimum Gasteiger partial charge on any atom is -0.390 e. The molecule has 6 heteroatoms. The molecule has 0 spiro atoms. The predicted octanol–water partition coefficient (Wildman–Crippen LogP) is 3.69. The number of rotatable bonds is 4. The molecule has 0 atom stereocenters. The van der Waals surface area contributed by atoms with Crippen LogP contribution in [0.3, 0.4) is 0 Å². The molecule has 1 N–H and O–H groups in total. The summed E-state index contributed by atoms with van der Waals surface area (Å²) in [7, 11) is 1.96. The molecular weight excluding hydrogens is 336 g/mol. The average molecular weight is 348 g/mol. The van der Waals surface area contributed by atoms with Crippen molar-refractivity contribution in [2.45, 2.75) is 13.2 Å². The highest BCUT2D eigenvalue weighted by molar-refractivity contribution is 9.11. The normalized spacial score (nSPS) is 10.7. The van der Waals surface area contributed by atoms with Gasteiger partial charge in [0.05, 0.1) is 21.1 Å². The van der Waals surface area contributed by atoms with E-state index in [0.29, 0.717) is 10.7 Å². The molecule has 0 saturated heterocycles. The zero-order valence-electron chi connectivity index (χ0n) is 9.73. The summed E-state index contributed by atoms with van der Waals surface area (Å²) in [6.45, 7) is 0.617. The van der Waals surface area contributed by atoms with Crippen molar-refractivity contribution in [3.8, 4) is 0 Å². The Hall–Kier alpha value is -0.620. The van der Waals surface area contributed by atoms with Gasteiger partial charge in [-0.3, -0.25) is 0 Å². The lowest BCUT2D eigenvalue weighted by Gasteiger charge is -2.18. The maximum Gasteiger partial charge on any atom is 0.129 e. The van der Waals surface area contributed by atoms with E-state index in [1.54, 1.807) is 17.4 Å². The second kappa shape index (κ2) is 6.02. The van der Waals surface area contributed by atoms with Gasteiger partial charge in [-0.1, -0.05) is 11.6 Å². The van der Waals surface area contributed by atoms with Gasteiger partial charge in [-0.2, -0.15) is 0 Å². The topological polar surface area (TPSA) is 36.4 Å². The monoisotopic (exact) mass is 346 g/mol. The quantitative estimate of drug-likeness (QED) is 0.916. The van der Waals surface area contributed by atoms with Crippen LogP contribution in [0.1, 0.15) is 11.3 Å². The first-order chi connectivity index (χ1) is 8.60. The van der Waals surface area contributed by atoms with Crippen molar-refractivity contribution in [1.29, 1.82) is 0 Å². The second-order valence-corrected chi connectivity index (χ2v) is 6.57. The van der Waals surface area contributed by atoms with Gasteiger partial charge in [-0.05, 0) is 45.1 Å². The fraction of sp³-hybridized carbons (Fsp3) is 0.250. The molecule has 0 bridgehead atoms. The fourth-order valence-electron chi connectivity index (χ4n) is 1.58. The van der Waals surface area contributed by atoms with Crippen LogP contribution < -0.4 is 4.90 Å². The van der Waals surface area contributed by atoms with Gasteiger partial charge in [0.25, 0.3) is 0 Å². The van der Waals surface area contributed by atoms with Gasteiger partial charge in [0.1, 0.15) is 5.82 Å². The Balaban J connectivity index is 2.15. The molecular formula is C12H12BrClN2OS. The van der Waals surface area contributed by atoms with Crippen LogP contribution in [-0.2, 0) is 13.2 Å². The largest absolute Gasteiger partial charge is 0.390 e. The zero-order valence-corrected chi connectivity index (χ0v) is 12.9. The van der Waals surface area contributed by atoms with Crippen LogP contribution >= 0.6 is 38.9 Å². The van der Waals surface area contributed by atoms with E-state index in [0.717, 1.165) is 16.1 Å². The molecule has 0 amide bonds. The van der Waals surface area contributed by atoms with Gasteiger partial charge >= 0.3 is 0 Å². The molecule has 2 aromatic heterocycles. The third-order valence-corrected chi connectivity index (χ3v) is 4.38. The Bertz CT molecular complexity index is 547. The Morgan fingerprint density at radius 2 is 2.28 bits per heavy atom. The van der Waals surface area contributed by atoms with E-state index < -0.39 is 0 Å². The summed E-state index contributed by atoms with van der Waals surface area (Å²) >= 11 is 11.0. The zero-order chi connectivity index (χ0) is 13.1. The molecule has 0 radical (unpaired) electrons. The Morgan fingerprint density at radius 1 is 1.50 bits per heavy atom. The molecule has 2 rings (SSSR count). The molecule has 0 saturated carbocycles. The van der Waals surface area contributed by atoms with Crippen molar-refractivity contribution in [1.82, 2.24) is 4.98 Å². The van der Waals surface area contributed by atoms with Crippen LogP contribution in [0.25, 0.3) is 0 Å². The van der Waals surface area contributed by atoms with Crippen LogP contribution in [0.15, 0.2) is 27.4 Å². The van der Waals surface area contributed by atoms with Gasteiger partial charge in [0, 0.05) is 13.6 Å². The van der Waals surface area contributed by atoms with Crippen LogP contribution in [0.4, 0.5) is 5.82 Å². The van der Waals surface area contributed by atoms with E-state index in [-0.39, 0.29) is 6.61 Å². The summed E-state index contributed by atoms with van der Waals surface area (Å²) in [6.07, 6.45) is 0. The van der Waals surface area contributed by atoms with E-state index >= 15 is 0 Å². The van der Waals surface area contributed by atoms with Crippen molar-refractivity contribution in [3.05, 3.63) is 43.6 Å². The number of aliphatic hydroxyl groups is 1. The van der Waals surface area contributed by atoms with Gasteiger partial charge in [0.15, 0.2) is 0 Å². The molecule has 0 fully saturated rings. The molecule has 0 aromatic carbocycles. The van der Waals surface area contributed by atoms with E-state index in [9.17, 15) is 0 Å². The maximum absolute atomic E-state index is 9.15. The van der Waals surface area contributed by atoms with Crippen molar-refractivity contribution in [3.63, 3.8) is 0 Å². The SMILES string of the molecule is CN(Cc1csc(Br)c1)c1ccc(Cl)c(CO)n1. The minimum absolute atomic E-state index is 0.148. The number of anilines is 1. The van der Waals surface area contributed by atoms with Crippen molar-refractivity contribution in [2.24, 2.45) is 0 Å². The van der Waals surface area contributed by atoms with Crippen LogP contribution in [0.2, 0.25) is 5.02 Å². The summed E-state index contributed by atoms with van der Waals surface area (Å²) in [5.41, 5.74) is 1.73. The van der Waals surface area contributed by atoms with E-state index in [1.807, 2.05) is 18.0 Å². The first-order valence-electron chi connectivity index (χ1n) is 5.30. The minimum atomic E-state index is -0.148. The summed E-state index contributed by atoms with van der Waals surface area (Å²) in [5, 5.41) is 11.7. The molecule has 2 heterocycles. The summed E-state index contributed by atoms with van der Waals surface area (Å²) in [5.74, 6) is 0.797. The van der Waals surface area contributed by atoms with Crippen molar-refractivity contribution < 1.29 is 5.11 Å². The molecule has 2 aromatic rings. The maximum atomic E-state index is 9.15. The second-order valence-electron chi connectivity index (χ2n) is 3.87. The lowest BCUT2D eigenvalue weighted by molar-refractivity contribution is 0.277. The van der Waals surface area contributed by atoms with Crippen LogP contribution in [0, 0.1) is 0 Å². The molecule has 0 unspecified atom stereocenters.